The number of amides is 1. The number of rotatable bonds is 16. The van der Waals surface area contributed by atoms with Gasteiger partial charge in [0, 0.05) is 40.8 Å². The van der Waals surface area contributed by atoms with Crippen LogP contribution in [0.5, 0.6) is 0 Å². The van der Waals surface area contributed by atoms with Gasteiger partial charge in [0.05, 0.1) is 38.6 Å². The number of hydrogen-bond acceptors (Lipinski definition) is 9. The minimum atomic E-state index is -0.492. The predicted molar refractivity (Wildman–Crippen MR) is 169 cm³/mol. The van der Waals surface area contributed by atoms with E-state index in [0.717, 1.165) is 39.6 Å². The van der Waals surface area contributed by atoms with Crippen molar-refractivity contribution in [2.45, 2.75) is 46.1 Å². The average molecular weight is 640 g/mol. The van der Waals surface area contributed by atoms with Gasteiger partial charge in [-0.3, -0.25) is 14.4 Å². The molecule has 0 saturated carbocycles. The van der Waals surface area contributed by atoms with Crippen LogP contribution in [-0.4, -0.2) is 79.1 Å². The Morgan fingerprint density at radius 2 is 1.64 bits per heavy atom. The summed E-state index contributed by atoms with van der Waals surface area (Å²) >= 11 is 7.87. The van der Waals surface area contributed by atoms with E-state index in [2.05, 4.69) is 29.4 Å². The van der Waals surface area contributed by atoms with E-state index in [1.54, 1.807) is 11.3 Å². The Morgan fingerprint density at radius 3 is 2.31 bits per heavy atom. The standard InChI is InChI=1S/C29H39ClN6O4S.ClH/c1-19-20(2)41-29-26(19)27(22-6-8-23(30)9-7-22)33-24(28-35-34-21(3)36(28)29)18-25(37)32-11-5-13-39-15-17-40-16-14-38-12-4-10-31;/h6-9,24H,4-5,10-18,31H2,1-3H3,(H,32,37);1H. The minimum absolute atomic E-state index is 0. The van der Waals surface area contributed by atoms with Crippen LogP contribution in [0.15, 0.2) is 29.3 Å². The molecule has 1 aromatic carbocycles. The van der Waals surface area contributed by atoms with E-state index >= 15 is 0 Å². The van der Waals surface area contributed by atoms with E-state index < -0.39 is 6.04 Å². The van der Waals surface area contributed by atoms with Crippen LogP contribution < -0.4 is 11.1 Å². The van der Waals surface area contributed by atoms with E-state index in [4.69, 9.17) is 36.5 Å². The molecule has 10 nitrogen and oxygen atoms in total. The number of nitrogens with two attached hydrogens (primary N) is 1. The van der Waals surface area contributed by atoms with Gasteiger partial charge in [0.25, 0.3) is 0 Å². The fraction of sp³-hybridized carbons (Fsp3) is 0.517. The smallest absolute Gasteiger partial charge is 0.222 e. The molecular formula is C29H40Cl2N6O4S. The molecule has 230 valence electrons. The highest BCUT2D eigenvalue weighted by molar-refractivity contribution is 7.15. The van der Waals surface area contributed by atoms with Crippen LogP contribution in [0.1, 0.15) is 58.5 Å². The molecule has 3 N–H and O–H groups in total. The third-order valence-electron chi connectivity index (χ3n) is 6.76. The lowest BCUT2D eigenvalue weighted by molar-refractivity contribution is -0.121. The molecule has 0 aliphatic carbocycles. The summed E-state index contributed by atoms with van der Waals surface area (Å²) in [6.45, 7) is 10.6. The normalized spacial score (nSPS) is 14.0. The van der Waals surface area contributed by atoms with Gasteiger partial charge < -0.3 is 25.3 Å². The number of nitrogens with zero attached hydrogens (tertiary/aromatic N) is 4. The summed E-state index contributed by atoms with van der Waals surface area (Å²) in [4.78, 5) is 19.4. The zero-order valence-electron chi connectivity index (χ0n) is 24.4. The van der Waals surface area contributed by atoms with Gasteiger partial charge >= 0.3 is 0 Å². The summed E-state index contributed by atoms with van der Waals surface area (Å²) in [5.74, 6) is 1.33. The van der Waals surface area contributed by atoms with E-state index in [0.29, 0.717) is 70.0 Å². The summed E-state index contributed by atoms with van der Waals surface area (Å²) in [5.41, 5.74) is 9.40. The molecule has 0 fully saturated rings. The Balaban J connectivity index is 0.00000484. The van der Waals surface area contributed by atoms with Crippen molar-refractivity contribution in [2.24, 2.45) is 10.7 Å². The lowest BCUT2D eigenvalue weighted by Crippen LogP contribution is -2.27. The zero-order chi connectivity index (χ0) is 29.2. The fourth-order valence-electron chi connectivity index (χ4n) is 4.51. The van der Waals surface area contributed by atoms with Crippen LogP contribution >= 0.6 is 35.3 Å². The number of carbonyl (C=O) groups excluding carboxylic acids is 1. The highest BCUT2D eigenvalue weighted by atomic mass is 35.5. The van der Waals surface area contributed by atoms with Crippen molar-refractivity contribution in [1.29, 1.82) is 0 Å². The van der Waals surface area contributed by atoms with Crippen LogP contribution in [0.25, 0.3) is 5.00 Å². The summed E-state index contributed by atoms with van der Waals surface area (Å²) in [6.07, 6.45) is 1.71. The van der Waals surface area contributed by atoms with Gasteiger partial charge in [0.2, 0.25) is 5.91 Å². The van der Waals surface area contributed by atoms with Gasteiger partial charge in [-0.1, -0.05) is 23.7 Å². The van der Waals surface area contributed by atoms with E-state index in [1.807, 2.05) is 35.8 Å². The van der Waals surface area contributed by atoms with Crippen LogP contribution in [-0.2, 0) is 19.0 Å². The van der Waals surface area contributed by atoms with E-state index in [1.165, 1.54) is 4.88 Å². The molecule has 1 unspecified atom stereocenters. The number of aliphatic imine (C=N–C) groups is 1. The molecule has 0 radical (unpaired) electrons. The van der Waals surface area contributed by atoms with Crippen molar-refractivity contribution in [2.75, 3.05) is 52.7 Å². The number of ether oxygens (including phenoxy) is 3. The molecule has 13 heteroatoms. The van der Waals surface area contributed by atoms with Crippen molar-refractivity contribution in [3.05, 3.63) is 62.5 Å². The molecule has 4 rings (SSSR count). The molecule has 0 bridgehead atoms. The maximum Gasteiger partial charge on any atom is 0.222 e. The summed E-state index contributed by atoms with van der Waals surface area (Å²) in [5, 5.41) is 13.5. The SMILES string of the molecule is Cc1sc2c(c1C)C(c1ccc(Cl)cc1)=NC(CC(=O)NCCCOCCOCCOCCCN)c1nnc(C)n1-2.Cl. The molecular weight excluding hydrogens is 599 g/mol. The lowest BCUT2D eigenvalue weighted by atomic mass is 9.99. The van der Waals surface area contributed by atoms with Crippen LogP contribution in [0.4, 0.5) is 0 Å². The average Bonchev–Trinajstić information content (AvgIpc) is 3.43. The monoisotopic (exact) mass is 638 g/mol. The Labute approximate surface area is 262 Å². The fourth-order valence-corrected chi connectivity index (χ4v) is 5.85. The Kier molecular flexibility index (Phi) is 13.8. The third kappa shape index (κ3) is 8.82. The van der Waals surface area contributed by atoms with Crippen molar-refractivity contribution in [3.63, 3.8) is 0 Å². The van der Waals surface area contributed by atoms with Gasteiger partial charge in [-0.15, -0.1) is 33.9 Å². The maximum absolute atomic E-state index is 13.0. The number of benzene rings is 1. The third-order valence-corrected chi connectivity index (χ3v) is 8.20. The molecule has 0 spiro atoms. The molecule has 2 aromatic heterocycles. The summed E-state index contributed by atoms with van der Waals surface area (Å²) in [6, 6.07) is 7.16. The number of halogens is 2. The molecule has 3 aromatic rings. The minimum Gasteiger partial charge on any atom is -0.379 e. The first-order chi connectivity index (χ1) is 19.9. The molecule has 3 heterocycles. The molecule has 1 amide bonds. The molecule has 1 aliphatic rings. The number of aromatic nitrogens is 3. The first-order valence-electron chi connectivity index (χ1n) is 14.0. The Bertz CT molecular complexity index is 1330. The highest BCUT2D eigenvalue weighted by Gasteiger charge is 2.32. The Hall–Kier alpha value is -2.38. The van der Waals surface area contributed by atoms with Crippen LogP contribution in [0.2, 0.25) is 5.02 Å². The van der Waals surface area contributed by atoms with Gasteiger partial charge in [-0.25, -0.2) is 0 Å². The van der Waals surface area contributed by atoms with Crippen LogP contribution in [0, 0.1) is 20.8 Å². The largest absolute Gasteiger partial charge is 0.379 e. The number of aryl methyl sites for hydroxylation is 2. The molecule has 0 saturated heterocycles. The van der Waals surface area contributed by atoms with E-state index in [9.17, 15) is 4.79 Å². The summed E-state index contributed by atoms with van der Waals surface area (Å²) < 4.78 is 18.5. The van der Waals surface area contributed by atoms with Crippen LogP contribution in [0.3, 0.4) is 0 Å². The maximum atomic E-state index is 13.0. The van der Waals surface area contributed by atoms with E-state index in [-0.39, 0.29) is 24.7 Å². The number of thiophene rings is 1. The van der Waals surface area contributed by atoms with Crippen molar-refractivity contribution < 1.29 is 19.0 Å². The first-order valence-corrected chi connectivity index (χ1v) is 15.2. The van der Waals surface area contributed by atoms with Crippen molar-refractivity contribution in [3.8, 4) is 5.00 Å². The van der Waals surface area contributed by atoms with Gasteiger partial charge in [-0.05, 0) is 57.9 Å². The lowest BCUT2D eigenvalue weighted by Gasteiger charge is -2.13. The number of fused-ring (bicyclic) bond motifs is 3. The van der Waals surface area contributed by atoms with Crippen molar-refractivity contribution >= 4 is 47.0 Å². The second-order valence-electron chi connectivity index (χ2n) is 9.79. The number of carbonyl (C=O) groups is 1. The van der Waals surface area contributed by atoms with Gasteiger partial charge in [0.1, 0.15) is 16.9 Å². The first kappa shape index (κ1) is 34.1. The number of nitrogens with one attached hydrogen (secondary N) is 1. The summed E-state index contributed by atoms with van der Waals surface area (Å²) in [7, 11) is 0. The van der Waals surface area contributed by atoms with Gasteiger partial charge in [-0.2, -0.15) is 0 Å². The topological polar surface area (TPSA) is 126 Å². The zero-order valence-corrected chi connectivity index (χ0v) is 26.7. The second kappa shape index (κ2) is 17.0. The quantitative estimate of drug-likeness (QED) is 0.221. The van der Waals surface area contributed by atoms with Gasteiger partial charge in [0.15, 0.2) is 5.82 Å². The number of hydrogen-bond donors (Lipinski definition) is 2. The predicted octanol–water partition coefficient (Wildman–Crippen LogP) is 4.52. The molecule has 1 aliphatic heterocycles. The molecule has 42 heavy (non-hydrogen) atoms. The Morgan fingerprint density at radius 1 is 1.00 bits per heavy atom. The van der Waals surface area contributed by atoms with Crippen molar-refractivity contribution in [1.82, 2.24) is 20.1 Å². The molecule has 1 atom stereocenters. The highest BCUT2D eigenvalue weighted by Crippen LogP contribution is 2.39. The second-order valence-corrected chi connectivity index (χ2v) is 11.4.